The summed E-state index contributed by atoms with van der Waals surface area (Å²) in [7, 11) is 0. The zero-order valence-corrected chi connectivity index (χ0v) is 24.5. The van der Waals surface area contributed by atoms with Gasteiger partial charge in [0, 0.05) is 27.5 Å². The lowest BCUT2D eigenvalue weighted by Crippen LogP contribution is -1.97. The first kappa shape index (κ1) is 26.6. The Bertz CT molecular complexity index is 2260. The summed E-state index contributed by atoms with van der Waals surface area (Å²) in [5.74, 6) is 1.46. The molecule has 0 aliphatic heterocycles. The second-order valence-corrected chi connectivity index (χ2v) is 11.0. The van der Waals surface area contributed by atoms with E-state index in [1.807, 2.05) is 54.6 Å². The molecule has 0 saturated carbocycles. The second kappa shape index (κ2) is 11.6. The lowest BCUT2D eigenvalue weighted by molar-refractivity contribution is 0.485. The van der Waals surface area contributed by atoms with Gasteiger partial charge in [0.05, 0.1) is 16.7 Å². The van der Waals surface area contributed by atoms with Crippen LogP contribution in [0.15, 0.2) is 170 Å². The zero-order chi connectivity index (χ0) is 30.0. The third-order valence-electron chi connectivity index (χ3n) is 8.13. The standard InChI is InChI=1S/C42H28N2O/c1-4-14-29(15-5-1)36-28-39(43-37-22-12-10-20-34(36)37)30-24-26-33(27-25-30)45-42-40(31-16-6-2-7-17-31)35-21-11-13-23-38(35)44-41(42)32-18-8-3-9-19-32/h1-28H. The first-order chi connectivity index (χ1) is 22.3. The largest absolute Gasteiger partial charge is 0.454 e. The van der Waals surface area contributed by atoms with Crippen molar-refractivity contribution in [3.8, 4) is 56.3 Å². The molecule has 6 aromatic carbocycles. The minimum Gasteiger partial charge on any atom is -0.454 e. The Hall–Kier alpha value is -6.06. The summed E-state index contributed by atoms with van der Waals surface area (Å²) in [6.07, 6.45) is 0. The summed E-state index contributed by atoms with van der Waals surface area (Å²) in [4.78, 5) is 10.2. The summed E-state index contributed by atoms with van der Waals surface area (Å²) in [5.41, 5.74) is 10.1. The van der Waals surface area contributed by atoms with E-state index in [4.69, 9.17) is 14.7 Å². The molecule has 0 bridgehead atoms. The van der Waals surface area contributed by atoms with Gasteiger partial charge < -0.3 is 4.74 Å². The van der Waals surface area contributed by atoms with Crippen LogP contribution in [0.4, 0.5) is 0 Å². The van der Waals surface area contributed by atoms with Gasteiger partial charge in [-0.05, 0) is 59.2 Å². The van der Waals surface area contributed by atoms with E-state index in [9.17, 15) is 0 Å². The van der Waals surface area contributed by atoms with Gasteiger partial charge in [-0.3, -0.25) is 0 Å². The van der Waals surface area contributed by atoms with Gasteiger partial charge in [0.25, 0.3) is 0 Å². The highest BCUT2D eigenvalue weighted by Crippen LogP contribution is 2.44. The minimum atomic E-state index is 0.731. The van der Waals surface area contributed by atoms with Gasteiger partial charge in [0.1, 0.15) is 11.4 Å². The highest BCUT2D eigenvalue weighted by atomic mass is 16.5. The number of rotatable bonds is 6. The molecule has 3 nitrogen and oxygen atoms in total. The van der Waals surface area contributed by atoms with Gasteiger partial charge in [-0.15, -0.1) is 0 Å². The maximum atomic E-state index is 6.83. The van der Waals surface area contributed by atoms with Crippen molar-refractivity contribution in [3.63, 3.8) is 0 Å². The van der Waals surface area contributed by atoms with Crippen LogP contribution in [0.25, 0.3) is 66.6 Å². The lowest BCUT2D eigenvalue weighted by Gasteiger charge is -2.18. The highest BCUT2D eigenvalue weighted by Gasteiger charge is 2.20. The first-order valence-corrected chi connectivity index (χ1v) is 15.1. The monoisotopic (exact) mass is 576 g/mol. The third kappa shape index (κ3) is 5.11. The van der Waals surface area contributed by atoms with Crippen molar-refractivity contribution in [1.29, 1.82) is 0 Å². The van der Waals surface area contributed by atoms with Crippen molar-refractivity contribution >= 4 is 21.8 Å². The van der Waals surface area contributed by atoms with E-state index in [0.717, 1.165) is 66.9 Å². The van der Waals surface area contributed by atoms with Crippen LogP contribution < -0.4 is 4.74 Å². The number of aromatic nitrogens is 2. The van der Waals surface area contributed by atoms with Crippen LogP contribution in [0.1, 0.15) is 0 Å². The van der Waals surface area contributed by atoms with Gasteiger partial charge in [-0.2, -0.15) is 0 Å². The number of para-hydroxylation sites is 2. The topological polar surface area (TPSA) is 35.0 Å². The molecule has 0 amide bonds. The molecule has 0 radical (unpaired) electrons. The number of fused-ring (bicyclic) bond motifs is 2. The molecule has 2 aromatic heterocycles. The highest BCUT2D eigenvalue weighted by molar-refractivity contribution is 6.01. The molecule has 0 saturated heterocycles. The average Bonchev–Trinajstić information content (AvgIpc) is 3.12. The molecule has 2 heterocycles. The van der Waals surface area contributed by atoms with Gasteiger partial charge in [-0.1, -0.05) is 127 Å². The Morgan fingerprint density at radius 1 is 0.400 bits per heavy atom. The molecule has 3 heteroatoms. The smallest absolute Gasteiger partial charge is 0.162 e. The van der Waals surface area contributed by atoms with E-state index >= 15 is 0 Å². The van der Waals surface area contributed by atoms with Gasteiger partial charge in [0.15, 0.2) is 5.75 Å². The fraction of sp³-hybridized carbons (Fsp3) is 0. The van der Waals surface area contributed by atoms with Crippen molar-refractivity contribution in [1.82, 2.24) is 9.97 Å². The molecule has 212 valence electrons. The van der Waals surface area contributed by atoms with Crippen LogP contribution in [0.5, 0.6) is 11.5 Å². The lowest BCUT2D eigenvalue weighted by atomic mass is 9.96. The maximum absolute atomic E-state index is 6.83. The van der Waals surface area contributed by atoms with Crippen LogP contribution in [0.2, 0.25) is 0 Å². The predicted octanol–water partition coefficient (Wildman–Crippen LogP) is 11.2. The molecular formula is C42H28N2O. The second-order valence-electron chi connectivity index (χ2n) is 11.0. The van der Waals surface area contributed by atoms with Crippen LogP contribution in [0, 0.1) is 0 Å². The fourth-order valence-corrected chi connectivity index (χ4v) is 5.97. The quantitative estimate of drug-likeness (QED) is 0.197. The number of pyridine rings is 2. The SMILES string of the molecule is c1ccc(-c2nc3ccccc3c(-c3ccccc3)c2Oc2ccc(-c3cc(-c4ccccc4)c4ccccc4n3)cc2)cc1. The molecule has 0 aliphatic carbocycles. The third-order valence-corrected chi connectivity index (χ3v) is 8.13. The van der Waals surface area contributed by atoms with Crippen LogP contribution in [-0.4, -0.2) is 9.97 Å². The molecule has 8 aromatic rings. The molecule has 0 aliphatic rings. The zero-order valence-electron chi connectivity index (χ0n) is 24.5. The van der Waals surface area contributed by atoms with Crippen LogP contribution in [-0.2, 0) is 0 Å². The number of nitrogens with zero attached hydrogens (tertiary/aromatic N) is 2. The summed E-state index contributed by atoms with van der Waals surface area (Å²) >= 11 is 0. The van der Waals surface area contributed by atoms with Crippen LogP contribution >= 0.6 is 0 Å². The molecule has 0 unspecified atom stereocenters. The molecule has 0 N–H and O–H groups in total. The maximum Gasteiger partial charge on any atom is 0.162 e. The Balaban J connectivity index is 1.25. The Kier molecular flexibility index (Phi) is 6.82. The Morgan fingerprint density at radius 2 is 0.933 bits per heavy atom. The normalized spacial score (nSPS) is 11.1. The molecule has 8 rings (SSSR count). The molecular weight excluding hydrogens is 548 g/mol. The summed E-state index contributed by atoms with van der Waals surface area (Å²) < 4.78 is 6.83. The van der Waals surface area contributed by atoms with E-state index < -0.39 is 0 Å². The van der Waals surface area contributed by atoms with Crippen molar-refractivity contribution in [2.75, 3.05) is 0 Å². The Labute approximate surface area is 262 Å². The minimum absolute atomic E-state index is 0.731. The van der Waals surface area contributed by atoms with Crippen molar-refractivity contribution in [3.05, 3.63) is 170 Å². The molecule has 45 heavy (non-hydrogen) atoms. The summed E-state index contributed by atoms with van der Waals surface area (Å²) in [6, 6.07) is 58.1. The molecule has 0 atom stereocenters. The van der Waals surface area contributed by atoms with Crippen molar-refractivity contribution in [2.24, 2.45) is 0 Å². The average molecular weight is 577 g/mol. The van der Waals surface area contributed by atoms with Crippen molar-refractivity contribution < 1.29 is 4.74 Å². The van der Waals surface area contributed by atoms with Gasteiger partial charge >= 0.3 is 0 Å². The number of hydrogen-bond donors (Lipinski definition) is 0. The van der Waals surface area contributed by atoms with E-state index in [1.165, 1.54) is 11.1 Å². The molecule has 0 spiro atoms. The summed E-state index contributed by atoms with van der Waals surface area (Å²) in [5, 5.41) is 2.18. The Morgan fingerprint density at radius 3 is 1.60 bits per heavy atom. The van der Waals surface area contributed by atoms with Crippen molar-refractivity contribution in [2.45, 2.75) is 0 Å². The van der Waals surface area contributed by atoms with E-state index in [2.05, 4.69) is 115 Å². The number of benzene rings is 6. The number of ether oxygens (including phenoxy) is 1. The van der Waals surface area contributed by atoms with E-state index in [-0.39, 0.29) is 0 Å². The van der Waals surface area contributed by atoms with Crippen LogP contribution in [0.3, 0.4) is 0 Å². The molecule has 0 fully saturated rings. The fourth-order valence-electron chi connectivity index (χ4n) is 5.97. The summed E-state index contributed by atoms with van der Waals surface area (Å²) in [6.45, 7) is 0. The van der Waals surface area contributed by atoms with Gasteiger partial charge in [0.2, 0.25) is 0 Å². The first-order valence-electron chi connectivity index (χ1n) is 15.1. The van der Waals surface area contributed by atoms with E-state index in [0.29, 0.717) is 0 Å². The van der Waals surface area contributed by atoms with E-state index in [1.54, 1.807) is 0 Å². The number of hydrogen-bond acceptors (Lipinski definition) is 3. The predicted molar refractivity (Wildman–Crippen MR) is 185 cm³/mol. The van der Waals surface area contributed by atoms with Gasteiger partial charge in [-0.25, -0.2) is 9.97 Å².